The number of hydrogen-bond acceptors (Lipinski definition) is 6. The Hall–Kier alpha value is -3.04. The molecule has 2 N–H and O–H groups in total. The van der Waals surface area contributed by atoms with Gasteiger partial charge in [0.2, 0.25) is 0 Å². The van der Waals surface area contributed by atoms with Crippen molar-refractivity contribution in [2.24, 2.45) is 12.1 Å². The SMILES string of the molecule is CCOc1ccc(C=NNC(=O)CSc2n[nH]c(-c3cccc(Cl)c3)[n+]2C)cc1[O-]. The first-order valence-corrected chi connectivity index (χ1v) is 10.4. The summed E-state index contributed by atoms with van der Waals surface area (Å²) < 4.78 is 7.06. The molecule has 1 heterocycles. The zero-order valence-electron chi connectivity index (χ0n) is 16.4. The summed E-state index contributed by atoms with van der Waals surface area (Å²) in [4.78, 5) is 12.1. The van der Waals surface area contributed by atoms with Crippen molar-refractivity contribution in [2.45, 2.75) is 12.1 Å². The lowest BCUT2D eigenvalue weighted by Gasteiger charge is -2.13. The van der Waals surface area contributed by atoms with E-state index >= 15 is 0 Å². The average molecular weight is 446 g/mol. The lowest BCUT2D eigenvalue weighted by molar-refractivity contribution is -0.698. The molecule has 156 valence electrons. The Labute approximate surface area is 182 Å². The molecule has 10 heteroatoms. The molecule has 3 rings (SSSR count). The van der Waals surface area contributed by atoms with Crippen molar-refractivity contribution in [1.29, 1.82) is 0 Å². The fourth-order valence-electron chi connectivity index (χ4n) is 2.59. The molecule has 1 aromatic heterocycles. The molecular formula is C20H20ClN5O3S. The third kappa shape index (κ3) is 5.52. The van der Waals surface area contributed by atoms with Gasteiger partial charge in [0.15, 0.2) is 0 Å². The summed E-state index contributed by atoms with van der Waals surface area (Å²) >= 11 is 7.31. The normalized spacial score (nSPS) is 11.0. The topological polar surface area (TPSA) is 106 Å². The van der Waals surface area contributed by atoms with Crippen LogP contribution in [0.4, 0.5) is 0 Å². The number of carbonyl (C=O) groups is 1. The number of hydrazone groups is 1. The van der Waals surface area contributed by atoms with Crippen molar-refractivity contribution < 1.29 is 19.2 Å². The highest BCUT2D eigenvalue weighted by atomic mass is 35.5. The molecule has 0 atom stereocenters. The van der Waals surface area contributed by atoms with E-state index in [9.17, 15) is 9.90 Å². The number of amides is 1. The first kappa shape index (κ1) is 21.7. The molecule has 3 aromatic rings. The minimum atomic E-state index is -0.295. The predicted octanol–water partition coefficient (Wildman–Crippen LogP) is 2.27. The Morgan fingerprint density at radius 3 is 2.97 bits per heavy atom. The van der Waals surface area contributed by atoms with Gasteiger partial charge in [-0.3, -0.25) is 4.79 Å². The Kier molecular flexibility index (Phi) is 7.31. The maximum Gasteiger partial charge on any atom is 0.337 e. The van der Waals surface area contributed by atoms with Gasteiger partial charge in [0, 0.05) is 5.02 Å². The van der Waals surface area contributed by atoms with E-state index in [0.717, 1.165) is 11.4 Å². The number of carbonyl (C=O) groups excluding carboxylic acids is 1. The molecule has 0 aliphatic carbocycles. The van der Waals surface area contributed by atoms with Gasteiger partial charge in [-0.1, -0.05) is 29.5 Å². The van der Waals surface area contributed by atoms with Crippen LogP contribution in [0.25, 0.3) is 11.4 Å². The Morgan fingerprint density at radius 2 is 2.23 bits per heavy atom. The van der Waals surface area contributed by atoms with Gasteiger partial charge in [-0.2, -0.15) is 5.10 Å². The van der Waals surface area contributed by atoms with Gasteiger partial charge in [-0.05, 0) is 54.6 Å². The van der Waals surface area contributed by atoms with E-state index in [-0.39, 0.29) is 17.4 Å². The minimum Gasteiger partial charge on any atom is -0.870 e. The number of nitrogens with one attached hydrogen (secondary N) is 2. The van der Waals surface area contributed by atoms with Crippen LogP contribution >= 0.6 is 23.4 Å². The first-order valence-electron chi connectivity index (χ1n) is 9.07. The molecule has 0 radical (unpaired) electrons. The van der Waals surface area contributed by atoms with Gasteiger partial charge in [0.05, 0.1) is 36.3 Å². The van der Waals surface area contributed by atoms with Gasteiger partial charge in [-0.25, -0.2) is 9.99 Å². The van der Waals surface area contributed by atoms with Crippen molar-refractivity contribution >= 4 is 35.5 Å². The molecular weight excluding hydrogens is 426 g/mol. The van der Waals surface area contributed by atoms with Gasteiger partial charge in [0.25, 0.3) is 11.7 Å². The molecule has 30 heavy (non-hydrogen) atoms. The summed E-state index contributed by atoms with van der Waals surface area (Å²) in [6, 6.07) is 12.1. The third-order valence-electron chi connectivity index (χ3n) is 3.98. The smallest absolute Gasteiger partial charge is 0.337 e. The second kappa shape index (κ2) is 10.1. The maximum atomic E-state index is 12.1. The Morgan fingerprint density at radius 1 is 1.40 bits per heavy atom. The van der Waals surface area contributed by atoms with Crippen LogP contribution in [0.15, 0.2) is 52.7 Å². The van der Waals surface area contributed by atoms with E-state index < -0.39 is 0 Å². The molecule has 0 saturated carbocycles. The van der Waals surface area contributed by atoms with Crippen LogP contribution in [0.1, 0.15) is 12.5 Å². The summed E-state index contributed by atoms with van der Waals surface area (Å²) in [6.07, 6.45) is 1.41. The molecule has 0 spiro atoms. The van der Waals surface area contributed by atoms with Crippen LogP contribution in [0.5, 0.6) is 11.5 Å². The van der Waals surface area contributed by atoms with Crippen LogP contribution in [-0.4, -0.2) is 34.7 Å². The van der Waals surface area contributed by atoms with Gasteiger partial charge < -0.3 is 9.84 Å². The quantitative estimate of drug-likeness (QED) is 0.239. The number of thioether (sulfide) groups is 1. The zero-order valence-corrected chi connectivity index (χ0v) is 18.0. The number of benzene rings is 2. The summed E-state index contributed by atoms with van der Waals surface area (Å²) in [5.74, 6) is 0.670. The zero-order chi connectivity index (χ0) is 21.5. The number of nitrogens with zero attached hydrogens (tertiary/aromatic N) is 3. The maximum absolute atomic E-state index is 12.1. The second-order valence-electron chi connectivity index (χ2n) is 6.15. The molecule has 0 aliphatic heterocycles. The second-order valence-corrected chi connectivity index (χ2v) is 7.52. The molecule has 2 aromatic carbocycles. The number of aromatic nitrogens is 3. The lowest BCUT2D eigenvalue weighted by atomic mass is 10.2. The highest BCUT2D eigenvalue weighted by Gasteiger charge is 2.20. The highest BCUT2D eigenvalue weighted by molar-refractivity contribution is 7.99. The number of H-pyrrole nitrogens is 1. The van der Waals surface area contributed by atoms with Crippen LogP contribution in [0.2, 0.25) is 5.02 Å². The monoisotopic (exact) mass is 445 g/mol. The van der Waals surface area contributed by atoms with Gasteiger partial charge in [0.1, 0.15) is 5.75 Å². The molecule has 8 nitrogen and oxygen atoms in total. The van der Waals surface area contributed by atoms with E-state index in [1.165, 1.54) is 24.0 Å². The summed E-state index contributed by atoms with van der Waals surface area (Å²) in [6.45, 7) is 2.23. The van der Waals surface area contributed by atoms with Gasteiger partial charge in [-0.15, -0.1) is 5.10 Å². The van der Waals surface area contributed by atoms with E-state index in [1.54, 1.807) is 18.2 Å². The first-order chi connectivity index (χ1) is 14.5. The van der Waals surface area contributed by atoms with Gasteiger partial charge >= 0.3 is 5.16 Å². The summed E-state index contributed by atoms with van der Waals surface area (Å²) in [7, 11) is 1.85. The van der Waals surface area contributed by atoms with E-state index in [0.29, 0.717) is 28.1 Å². The van der Waals surface area contributed by atoms with Crippen LogP contribution in [0, 0.1) is 0 Å². The number of aromatic amines is 1. The third-order valence-corrected chi connectivity index (χ3v) is 5.25. The average Bonchev–Trinajstić information content (AvgIpc) is 3.09. The van der Waals surface area contributed by atoms with Crippen LogP contribution in [0.3, 0.4) is 0 Å². The minimum absolute atomic E-state index is 0.126. The fourth-order valence-corrected chi connectivity index (χ4v) is 3.50. The van der Waals surface area contributed by atoms with E-state index in [4.69, 9.17) is 16.3 Å². The Balaban J connectivity index is 1.54. The largest absolute Gasteiger partial charge is 0.870 e. The van der Waals surface area contributed by atoms with Crippen molar-refractivity contribution in [3.8, 4) is 22.9 Å². The molecule has 0 aliphatic rings. The molecule has 0 fully saturated rings. The number of halogens is 1. The van der Waals surface area contributed by atoms with Crippen LogP contribution < -0.4 is 19.8 Å². The predicted molar refractivity (Wildman–Crippen MR) is 114 cm³/mol. The van der Waals surface area contributed by atoms with Crippen molar-refractivity contribution in [3.63, 3.8) is 0 Å². The highest BCUT2D eigenvalue weighted by Crippen LogP contribution is 2.23. The number of rotatable bonds is 8. The standard InChI is InChI=1S/C20H20ClN5O3S/c1-3-29-17-8-7-13(9-16(17)27)11-22-23-18(28)12-30-20-25-24-19(26(20)2)14-5-4-6-15(21)10-14/h4-11H,3,12H2,1-2H3,(H2,23,27,28). The van der Waals surface area contributed by atoms with E-state index in [2.05, 4.69) is 20.7 Å². The summed E-state index contributed by atoms with van der Waals surface area (Å²) in [5, 5.41) is 24.2. The molecule has 0 saturated heterocycles. The molecule has 0 unspecified atom stereocenters. The van der Waals surface area contributed by atoms with E-state index in [1.807, 2.05) is 36.7 Å². The lowest BCUT2D eigenvalue weighted by Crippen LogP contribution is -2.32. The van der Waals surface area contributed by atoms with Crippen LogP contribution in [-0.2, 0) is 11.8 Å². The molecule has 0 bridgehead atoms. The number of ether oxygens (including phenoxy) is 1. The van der Waals surface area contributed by atoms with Crippen molar-refractivity contribution in [1.82, 2.24) is 15.6 Å². The summed E-state index contributed by atoms with van der Waals surface area (Å²) in [5.41, 5.74) is 3.90. The van der Waals surface area contributed by atoms with Crippen molar-refractivity contribution in [3.05, 3.63) is 53.1 Å². The molecule has 1 amide bonds. The Bertz CT molecular complexity index is 1070. The number of hydrogen-bond donors (Lipinski definition) is 2. The fraction of sp³-hybridized carbons (Fsp3) is 0.200. The van der Waals surface area contributed by atoms with Crippen molar-refractivity contribution in [2.75, 3.05) is 12.4 Å².